The summed E-state index contributed by atoms with van der Waals surface area (Å²) < 4.78 is 25.1. The molecular formula is C61H68N4O15. The first kappa shape index (κ1) is 56.4. The number of nitrogens with one attached hydrogen (secondary N) is 1. The molecule has 0 spiro atoms. The Morgan fingerprint density at radius 1 is 1.00 bits per heavy atom. The fraction of sp³-hybridized carbons (Fsp3) is 0.459. The highest BCUT2D eigenvalue weighted by molar-refractivity contribution is 6.32. The number of fused-ring (bicyclic) bond motifs is 5. The molecule has 2 aliphatic heterocycles. The summed E-state index contributed by atoms with van der Waals surface area (Å²) in [6, 6.07) is 10.7. The fourth-order valence-corrected chi connectivity index (χ4v) is 12.9. The van der Waals surface area contributed by atoms with Crippen LogP contribution < -0.4 is 26.3 Å². The van der Waals surface area contributed by atoms with Gasteiger partial charge in [-0.25, -0.2) is 0 Å². The Balaban J connectivity index is 1.24. The van der Waals surface area contributed by atoms with Crippen molar-refractivity contribution in [2.45, 2.75) is 152 Å². The molecule has 19 nitrogen and oxygen atoms in total. The lowest BCUT2D eigenvalue weighted by atomic mass is 9.70. The number of phenols is 1. The van der Waals surface area contributed by atoms with E-state index in [0.29, 0.717) is 55.2 Å². The Labute approximate surface area is 462 Å². The number of hydrogen-bond acceptors (Lipinski definition) is 19. The minimum atomic E-state index is -3.08. The number of aromatic hydroxyl groups is 1. The zero-order chi connectivity index (χ0) is 56.9. The molecule has 4 aromatic rings. The number of guanidine groups is 1. The van der Waals surface area contributed by atoms with E-state index in [4.69, 9.17) is 30.4 Å². The zero-order valence-electron chi connectivity index (χ0n) is 44.9. The van der Waals surface area contributed by atoms with E-state index >= 15 is 9.59 Å². The summed E-state index contributed by atoms with van der Waals surface area (Å²) in [6.07, 6.45) is -0.551. The highest BCUT2D eigenvalue weighted by Crippen LogP contribution is 2.55. The van der Waals surface area contributed by atoms with Gasteiger partial charge in [-0.15, -0.1) is 0 Å². The minimum Gasteiger partial charge on any atom is -0.507 e. The summed E-state index contributed by atoms with van der Waals surface area (Å²) in [5.74, 6) is -0.746. The summed E-state index contributed by atoms with van der Waals surface area (Å²) in [5.41, 5.74) is 12.3. The van der Waals surface area contributed by atoms with Gasteiger partial charge in [0.2, 0.25) is 12.1 Å². The summed E-state index contributed by atoms with van der Waals surface area (Å²) in [7, 11) is 0. The van der Waals surface area contributed by atoms with Crippen LogP contribution in [0.3, 0.4) is 0 Å². The third-order valence-corrected chi connectivity index (χ3v) is 16.9. The molecule has 10 unspecified atom stereocenters. The number of benzene rings is 4. The van der Waals surface area contributed by atoms with Crippen LogP contribution in [0.25, 0.3) is 12.2 Å². The molecule has 1 saturated carbocycles. The molecule has 1 saturated heterocycles. The Morgan fingerprint density at radius 3 is 2.52 bits per heavy atom. The van der Waals surface area contributed by atoms with E-state index in [1.165, 1.54) is 19.1 Å². The van der Waals surface area contributed by atoms with E-state index in [1.54, 1.807) is 24.3 Å². The van der Waals surface area contributed by atoms with E-state index in [1.807, 2.05) is 18.2 Å². The predicted octanol–water partition coefficient (Wildman–Crippen LogP) is 3.53. The van der Waals surface area contributed by atoms with E-state index in [2.05, 4.69) is 29.1 Å². The maximum atomic E-state index is 16.1. The Morgan fingerprint density at radius 2 is 1.79 bits per heavy atom. The van der Waals surface area contributed by atoms with Crippen LogP contribution in [-0.2, 0) is 52.2 Å². The first-order chi connectivity index (χ1) is 38.2. The van der Waals surface area contributed by atoms with Gasteiger partial charge in [-0.1, -0.05) is 67.7 Å². The van der Waals surface area contributed by atoms with Crippen molar-refractivity contribution in [2.75, 3.05) is 13.2 Å². The van der Waals surface area contributed by atoms with Crippen molar-refractivity contribution >= 4 is 41.9 Å². The van der Waals surface area contributed by atoms with Crippen molar-refractivity contribution < 1.29 is 73.9 Å². The lowest BCUT2D eigenvalue weighted by molar-refractivity contribution is -0.379. The van der Waals surface area contributed by atoms with Gasteiger partial charge in [-0.2, -0.15) is 0 Å². The molecule has 0 radical (unpaired) electrons. The van der Waals surface area contributed by atoms with Crippen LogP contribution in [0.4, 0.5) is 0 Å². The highest BCUT2D eigenvalue weighted by Gasteiger charge is 2.57. The van der Waals surface area contributed by atoms with E-state index < -0.39 is 108 Å². The number of ketones is 2. The Bertz CT molecular complexity index is 3290. The topological polar surface area (TPSA) is 323 Å². The second-order valence-corrected chi connectivity index (χ2v) is 22.2. The third kappa shape index (κ3) is 10.4. The number of ether oxygens (including phenoxy) is 4. The number of aliphatic imine (C=N–C) groups is 1. The van der Waals surface area contributed by atoms with Gasteiger partial charge in [0.05, 0.1) is 48.7 Å². The van der Waals surface area contributed by atoms with Gasteiger partial charge in [0, 0.05) is 65.3 Å². The number of aliphatic hydroxyl groups excluding tert-OH is 3. The van der Waals surface area contributed by atoms with Gasteiger partial charge in [0.1, 0.15) is 23.4 Å². The maximum Gasteiger partial charge on any atom is 0.308 e. The van der Waals surface area contributed by atoms with Crippen molar-refractivity contribution in [3.63, 3.8) is 0 Å². The average Bonchev–Trinajstić information content (AvgIpc) is 3.80. The lowest BCUT2D eigenvalue weighted by Crippen LogP contribution is -2.68. The lowest BCUT2D eigenvalue weighted by Gasteiger charge is -2.46. The molecule has 10 rings (SSSR count). The van der Waals surface area contributed by atoms with Gasteiger partial charge in [-0.3, -0.25) is 24.2 Å². The quantitative estimate of drug-likeness (QED) is 0.0297. The van der Waals surface area contributed by atoms with Crippen LogP contribution >= 0.6 is 0 Å². The van der Waals surface area contributed by atoms with Crippen molar-refractivity contribution in [1.82, 2.24) is 5.32 Å². The molecule has 10 atom stereocenters. The van der Waals surface area contributed by atoms with Crippen LogP contribution in [-0.4, -0.2) is 127 Å². The molecule has 80 heavy (non-hydrogen) atoms. The molecule has 4 aromatic carbocycles. The number of nitrogens with zero attached hydrogens (tertiary/aromatic N) is 1. The number of aliphatic hydroxyl groups is 6. The second-order valence-electron chi connectivity index (χ2n) is 22.2. The van der Waals surface area contributed by atoms with Gasteiger partial charge < -0.3 is 71.5 Å². The summed E-state index contributed by atoms with van der Waals surface area (Å²) in [6.45, 7) is 3.84. The number of carbonyl (C=O) groups is 4. The first-order valence-corrected chi connectivity index (χ1v) is 27.4. The summed E-state index contributed by atoms with van der Waals surface area (Å²) in [4.78, 5) is 62.4. The molecule has 6 aliphatic rings. The summed E-state index contributed by atoms with van der Waals surface area (Å²) in [5, 5.41) is 85.9. The van der Waals surface area contributed by atoms with E-state index in [9.17, 15) is 45.3 Å². The van der Waals surface area contributed by atoms with Crippen LogP contribution in [0.1, 0.15) is 158 Å². The van der Waals surface area contributed by atoms with E-state index in [0.717, 1.165) is 30.9 Å². The fourth-order valence-electron chi connectivity index (χ4n) is 12.9. The van der Waals surface area contributed by atoms with E-state index in [-0.39, 0.29) is 94.1 Å². The normalized spacial score (nSPS) is 27.7. The zero-order valence-corrected chi connectivity index (χ0v) is 44.9. The molecule has 0 amide bonds. The van der Waals surface area contributed by atoms with Gasteiger partial charge >= 0.3 is 5.97 Å². The number of aryl methyl sites for hydroxylation is 1. The maximum absolute atomic E-state index is 16.1. The largest absolute Gasteiger partial charge is 0.507 e. The van der Waals surface area contributed by atoms with Crippen LogP contribution in [0.15, 0.2) is 47.5 Å². The van der Waals surface area contributed by atoms with Crippen molar-refractivity contribution in [3.05, 3.63) is 120 Å². The SMILES string of the molecule is CCC1CC2CCc3ccc(Cc4c(O)c5c6c(c4OC4OC(C)C(O)C(O)(O)C4OCC4CCN=C(N)N4)CC#CC(N)CCC(O)Cc4cccc(c4)C=Cc4c(OC(C)=O)cc(CO)c(c4C6=O)C5=O)c(C=O)c3C2(O)C1. The van der Waals surface area contributed by atoms with Gasteiger partial charge in [0.25, 0.3) is 0 Å². The molecule has 2 heterocycles. The number of hydrogen-bond donors (Lipinski definition) is 10. The third-order valence-electron chi connectivity index (χ3n) is 16.9. The summed E-state index contributed by atoms with van der Waals surface area (Å²) >= 11 is 0. The number of nitrogens with two attached hydrogens (primary N) is 2. The predicted molar refractivity (Wildman–Crippen MR) is 292 cm³/mol. The number of rotatable bonds is 11. The molecule has 4 aliphatic carbocycles. The molecule has 4 bridgehead atoms. The van der Waals surface area contributed by atoms with Crippen molar-refractivity contribution in [2.24, 2.45) is 28.3 Å². The van der Waals surface area contributed by atoms with Crippen LogP contribution in [0, 0.1) is 23.7 Å². The molecule has 2 fully saturated rings. The van der Waals surface area contributed by atoms with Crippen molar-refractivity contribution in [3.8, 4) is 29.1 Å². The van der Waals surface area contributed by atoms with Crippen molar-refractivity contribution in [1.29, 1.82) is 0 Å². The van der Waals surface area contributed by atoms with Crippen LogP contribution in [0.5, 0.6) is 17.2 Å². The minimum absolute atomic E-state index is 0.0366. The number of aldehydes is 1. The first-order valence-electron chi connectivity index (χ1n) is 27.4. The van der Waals surface area contributed by atoms with Gasteiger partial charge in [0.15, 0.2) is 29.9 Å². The second kappa shape index (κ2) is 22.6. The molecular weight excluding hydrogens is 1030 g/mol. The number of phenolic OH excluding ortho intramolecular Hbond substituents is 1. The molecule has 19 heteroatoms. The van der Waals surface area contributed by atoms with Crippen LogP contribution in [0.2, 0.25) is 0 Å². The molecule has 0 aromatic heterocycles. The Kier molecular flexibility index (Phi) is 15.9. The average molecular weight is 1100 g/mol. The monoisotopic (exact) mass is 1100 g/mol. The van der Waals surface area contributed by atoms with Gasteiger partial charge in [-0.05, 0) is 116 Å². The Hall–Kier alpha value is -6.83. The smallest absolute Gasteiger partial charge is 0.308 e. The number of esters is 1. The number of carbonyl (C=O) groups excluding carboxylic acids is 4. The molecule has 422 valence electrons. The molecule has 12 N–H and O–H groups in total. The standard InChI is InChI=1S/C61H68N4O15/c1-4-32-22-38-15-14-35-12-13-36(45(28-67)51(35)60(38,74)26-32)24-44-52(70)50-49-43(55(44)80-58-57(61(75,76)56(73)30(2)78-58)77-29-40-19-20-64-59(63)65-40)10-6-9-39(62)16-17-41(69)23-34-8-5-7-33(21-34)11-18-42-46(79-31(3)68)25-37(27-66)47(53(50)71)48(42)54(49)72/h5,7-8,11-13,18,21,25,28,30,32,38-41,56-58,66,69-70,73-76H,4,10,14-17,19-20,22-24,26-27,29,62H2,1-3H3,(H3,63,64,65). The highest BCUT2D eigenvalue weighted by atomic mass is 16.7.